The lowest BCUT2D eigenvalue weighted by molar-refractivity contribution is 0.0921. The minimum atomic E-state index is -0.122. The van der Waals surface area contributed by atoms with E-state index < -0.39 is 0 Å². The molecule has 0 heterocycles. The normalized spacial score (nSPS) is 9.95. The fourth-order valence-electron chi connectivity index (χ4n) is 1.69. The third-order valence-electron chi connectivity index (χ3n) is 2.83. The van der Waals surface area contributed by atoms with Gasteiger partial charge in [0.2, 0.25) is 0 Å². The molecule has 0 saturated carbocycles. The molecule has 0 aliphatic rings. The van der Waals surface area contributed by atoms with Gasteiger partial charge in [-0.2, -0.15) is 5.26 Å². The van der Waals surface area contributed by atoms with Crippen molar-refractivity contribution >= 4 is 29.1 Å². The molecular formula is C16H12ClNO2S. The number of benzene rings is 2. The maximum atomic E-state index is 12.0. The summed E-state index contributed by atoms with van der Waals surface area (Å²) in [5, 5.41) is 9.08. The molecule has 2 rings (SSSR count). The van der Waals surface area contributed by atoms with Gasteiger partial charge in [0.05, 0.1) is 16.7 Å². The van der Waals surface area contributed by atoms with Crippen molar-refractivity contribution in [3.8, 4) is 11.8 Å². The highest BCUT2D eigenvalue weighted by atomic mass is 35.5. The molecule has 0 aliphatic carbocycles. The quantitative estimate of drug-likeness (QED) is 0.612. The lowest BCUT2D eigenvalue weighted by Gasteiger charge is -2.08. The van der Waals surface area contributed by atoms with Crippen molar-refractivity contribution in [2.24, 2.45) is 0 Å². The molecule has 106 valence electrons. The van der Waals surface area contributed by atoms with Gasteiger partial charge in [0.25, 0.3) is 0 Å². The third kappa shape index (κ3) is 4.01. The minimum absolute atomic E-state index is 0.0930. The van der Waals surface area contributed by atoms with Crippen LogP contribution in [-0.4, -0.2) is 18.6 Å². The second kappa shape index (κ2) is 7.16. The number of ketones is 1. The molecule has 0 amide bonds. The first-order valence-electron chi connectivity index (χ1n) is 6.13. The van der Waals surface area contributed by atoms with Crippen LogP contribution in [0.25, 0.3) is 0 Å². The van der Waals surface area contributed by atoms with Crippen LogP contribution in [0.15, 0.2) is 47.4 Å². The molecule has 0 unspecified atom stereocenters. The number of ether oxygens (including phenoxy) is 1. The molecule has 3 nitrogen and oxygen atoms in total. The van der Waals surface area contributed by atoms with E-state index in [0.717, 1.165) is 4.90 Å². The second-order valence-electron chi connectivity index (χ2n) is 4.20. The number of carbonyl (C=O) groups excluding carboxylic acids is 1. The van der Waals surface area contributed by atoms with Gasteiger partial charge in [-0.05, 0) is 36.6 Å². The number of rotatable bonds is 5. The fraction of sp³-hybridized carbons (Fsp3) is 0.125. The van der Waals surface area contributed by atoms with E-state index in [1.165, 1.54) is 6.07 Å². The zero-order valence-electron chi connectivity index (χ0n) is 11.3. The Bertz CT molecular complexity index is 692. The van der Waals surface area contributed by atoms with Crippen LogP contribution in [0.1, 0.15) is 15.9 Å². The first-order valence-corrected chi connectivity index (χ1v) is 7.74. The van der Waals surface area contributed by atoms with E-state index in [1.807, 2.05) is 24.5 Å². The van der Waals surface area contributed by atoms with Crippen LogP contribution in [0, 0.1) is 11.3 Å². The number of halogens is 1. The van der Waals surface area contributed by atoms with E-state index in [-0.39, 0.29) is 12.4 Å². The van der Waals surface area contributed by atoms with Crippen LogP contribution < -0.4 is 4.74 Å². The zero-order chi connectivity index (χ0) is 15.2. The maximum absolute atomic E-state index is 12.0. The van der Waals surface area contributed by atoms with E-state index >= 15 is 0 Å². The van der Waals surface area contributed by atoms with E-state index in [9.17, 15) is 4.79 Å². The van der Waals surface area contributed by atoms with Crippen LogP contribution in [0.5, 0.6) is 5.75 Å². The summed E-state index contributed by atoms with van der Waals surface area (Å²) in [5.41, 5.74) is 1.05. The SMILES string of the molecule is CSc1ccc(C(=O)COc2ccc(C#N)cc2Cl)cc1. The van der Waals surface area contributed by atoms with Gasteiger partial charge in [-0.3, -0.25) is 4.79 Å². The highest BCUT2D eigenvalue weighted by Gasteiger charge is 2.09. The van der Waals surface area contributed by atoms with Crippen LogP contribution in [0.3, 0.4) is 0 Å². The summed E-state index contributed by atoms with van der Waals surface area (Å²) in [6.45, 7) is -0.0930. The predicted molar refractivity (Wildman–Crippen MR) is 84.2 cm³/mol. The molecule has 0 bridgehead atoms. The monoisotopic (exact) mass is 317 g/mol. The number of nitriles is 1. The summed E-state index contributed by atoms with van der Waals surface area (Å²) in [6.07, 6.45) is 1.98. The Morgan fingerprint density at radius 3 is 2.57 bits per heavy atom. The summed E-state index contributed by atoms with van der Waals surface area (Å²) in [5.74, 6) is 0.271. The number of carbonyl (C=O) groups is 1. The van der Waals surface area contributed by atoms with Crippen molar-refractivity contribution in [3.05, 3.63) is 58.6 Å². The molecule has 0 saturated heterocycles. The number of thioether (sulfide) groups is 1. The van der Waals surface area contributed by atoms with E-state index in [2.05, 4.69) is 0 Å². The van der Waals surface area contributed by atoms with Gasteiger partial charge in [0, 0.05) is 10.5 Å². The van der Waals surface area contributed by atoms with Gasteiger partial charge in [0.1, 0.15) is 5.75 Å². The molecule has 21 heavy (non-hydrogen) atoms. The average Bonchev–Trinajstić information content (AvgIpc) is 2.53. The van der Waals surface area contributed by atoms with Crippen molar-refractivity contribution in [1.29, 1.82) is 5.26 Å². The second-order valence-corrected chi connectivity index (χ2v) is 5.48. The smallest absolute Gasteiger partial charge is 0.200 e. The maximum Gasteiger partial charge on any atom is 0.200 e. The van der Waals surface area contributed by atoms with E-state index in [4.69, 9.17) is 21.6 Å². The highest BCUT2D eigenvalue weighted by molar-refractivity contribution is 7.98. The highest BCUT2D eigenvalue weighted by Crippen LogP contribution is 2.25. The predicted octanol–water partition coefficient (Wildman–Crippen LogP) is 4.20. The third-order valence-corrected chi connectivity index (χ3v) is 3.87. The summed E-state index contributed by atoms with van der Waals surface area (Å²) in [7, 11) is 0. The molecule has 0 N–H and O–H groups in total. The summed E-state index contributed by atoms with van der Waals surface area (Å²) in [4.78, 5) is 13.1. The molecule has 0 aliphatic heterocycles. The first-order chi connectivity index (χ1) is 10.1. The van der Waals surface area contributed by atoms with Crippen molar-refractivity contribution in [1.82, 2.24) is 0 Å². The summed E-state index contributed by atoms with van der Waals surface area (Å²) >= 11 is 7.61. The molecule has 0 spiro atoms. The molecule has 0 aromatic heterocycles. The summed E-state index contributed by atoms with van der Waals surface area (Å²) < 4.78 is 5.41. The van der Waals surface area contributed by atoms with Crippen molar-refractivity contribution in [2.75, 3.05) is 12.9 Å². The summed E-state index contributed by atoms with van der Waals surface area (Å²) in [6, 6.07) is 14.0. The van der Waals surface area contributed by atoms with Crippen LogP contribution in [0.4, 0.5) is 0 Å². The lowest BCUT2D eigenvalue weighted by atomic mass is 10.1. The Balaban J connectivity index is 2.02. The standard InChI is InChI=1S/C16H12ClNO2S/c1-21-13-5-3-12(4-6-13)15(19)10-20-16-7-2-11(9-18)8-14(16)17/h2-8H,10H2,1H3. The number of Topliss-reactive ketones (excluding diaryl/α,β-unsaturated/α-hetero) is 1. The van der Waals surface area contributed by atoms with Gasteiger partial charge in [-0.25, -0.2) is 0 Å². The Labute approximate surface area is 132 Å². The van der Waals surface area contributed by atoms with Crippen molar-refractivity contribution in [2.45, 2.75) is 4.90 Å². The Morgan fingerprint density at radius 1 is 1.29 bits per heavy atom. The van der Waals surface area contributed by atoms with E-state index in [1.54, 1.807) is 36.0 Å². The van der Waals surface area contributed by atoms with Gasteiger partial charge in [-0.1, -0.05) is 23.7 Å². The van der Waals surface area contributed by atoms with E-state index in [0.29, 0.717) is 21.9 Å². The largest absolute Gasteiger partial charge is 0.484 e. The van der Waals surface area contributed by atoms with Gasteiger partial charge in [0.15, 0.2) is 12.4 Å². The molecule has 0 atom stereocenters. The first kappa shape index (κ1) is 15.4. The van der Waals surface area contributed by atoms with Crippen LogP contribution in [-0.2, 0) is 0 Å². The number of hydrogen-bond donors (Lipinski definition) is 0. The molecular weight excluding hydrogens is 306 g/mol. The topological polar surface area (TPSA) is 50.1 Å². The van der Waals surface area contributed by atoms with Gasteiger partial charge in [-0.15, -0.1) is 11.8 Å². The van der Waals surface area contributed by atoms with Gasteiger partial charge < -0.3 is 4.74 Å². The molecule has 0 radical (unpaired) electrons. The Morgan fingerprint density at radius 2 is 2.00 bits per heavy atom. The molecule has 0 fully saturated rings. The zero-order valence-corrected chi connectivity index (χ0v) is 12.9. The van der Waals surface area contributed by atoms with Gasteiger partial charge >= 0.3 is 0 Å². The average molecular weight is 318 g/mol. The Kier molecular flexibility index (Phi) is 5.26. The van der Waals surface area contributed by atoms with Crippen LogP contribution in [0.2, 0.25) is 5.02 Å². The van der Waals surface area contributed by atoms with Crippen molar-refractivity contribution in [3.63, 3.8) is 0 Å². The molecule has 5 heteroatoms. The molecule has 2 aromatic carbocycles. The van der Waals surface area contributed by atoms with Crippen LogP contribution >= 0.6 is 23.4 Å². The fourth-order valence-corrected chi connectivity index (χ4v) is 2.33. The Hall–Kier alpha value is -1.96. The lowest BCUT2D eigenvalue weighted by Crippen LogP contribution is -2.11. The number of nitrogens with zero attached hydrogens (tertiary/aromatic N) is 1. The molecule has 2 aromatic rings. The number of hydrogen-bond acceptors (Lipinski definition) is 4. The van der Waals surface area contributed by atoms with Crippen molar-refractivity contribution < 1.29 is 9.53 Å². The minimum Gasteiger partial charge on any atom is -0.484 e.